The zero-order valence-electron chi connectivity index (χ0n) is 17.6. The fourth-order valence-electron chi connectivity index (χ4n) is 3.51. The number of nitrogens with zero attached hydrogens (tertiary/aromatic N) is 3. The molecule has 0 saturated carbocycles. The summed E-state index contributed by atoms with van der Waals surface area (Å²) in [6.45, 7) is 5.69. The fourth-order valence-corrected chi connectivity index (χ4v) is 4.14. The normalized spacial score (nSPS) is 15.5. The highest BCUT2D eigenvalue weighted by Gasteiger charge is 2.19. The van der Waals surface area contributed by atoms with E-state index in [9.17, 15) is 8.42 Å². The molecule has 8 heteroatoms. The highest BCUT2D eigenvalue weighted by atomic mass is 127. The molecule has 0 radical (unpaired) electrons. The van der Waals surface area contributed by atoms with Crippen molar-refractivity contribution >= 4 is 39.8 Å². The van der Waals surface area contributed by atoms with E-state index < -0.39 is 9.84 Å². The van der Waals surface area contributed by atoms with Crippen LogP contribution in [0.15, 0.2) is 64.5 Å². The van der Waals surface area contributed by atoms with E-state index in [0.29, 0.717) is 4.90 Å². The predicted molar refractivity (Wildman–Crippen MR) is 133 cm³/mol. The van der Waals surface area contributed by atoms with Crippen molar-refractivity contribution in [2.75, 3.05) is 46.0 Å². The summed E-state index contributed by atoms with van der Waals surface area (Å²) in [5.74, 6) is 0.928. The molecule has 1 aliphatic rings. The Labute approximate surface area is 197 Å². The molecule has 1 fully saturated rings. The number of nitrogens with one attached hydrogen (secondary N) is 1. The topological polar surface area (TPSA) is 65.0 Å². The molecule has 1 aliphatic heterocycles. The summed E-state index contributed by atoms with van der Waals surface area (Å²) in [7, 11) is -1.32. The highest BCUT2D eigenvalue weighted by Crippen LogP contribution is 2.11. The van der Waals surface area contributed by atoms with Gasteiger partial charge in [0.2, 0.25) is 0 Å². The lowest BCUT2D eigenvalue weighted by Crippen LogP contribution is -2.52. The molecule has 164 valence electrons. The summed E-state index contributed by atoms with van der Waals surface area (Å²) in [6.07, 6.45) is 2.05. The van der Waals surface area contributed by atoms with Gasteiger partial charge in [0.05, 0.1) is 4.90 Å². The van der Waals surface area contributed by atoms with Gasteiger partial charge in [-0.25, -0.2) is 8.42 Å². The van der Waals surface area contributed by atoms with Crippen molar-refractivity contribution in [3.63, 3.8) is 0 Å². The zero-order valence-corrected chi connectivity index (χ0v) is 20.8. The first-order chi connectivity index (χ1) is 14.0. The maximum absolute atomic E-state index is 11.5. The minimum Gasteiger partial charge on any atom is -0.356 e. The SMILES string of the molecule is CN=C(NCCc1ccc(S(C)(=O)=O)cc1)N1CCN(Cc2ccccc2)CC1.I. The van der Waals surface area contributed by atoms with Crippen LogP contribution in [-0.2, 0) is 22.8 Å². The summed E-state index contributed by atoms with van der Waals surface area (Å²) in [4.78, 5) is 9.57. The maximum Gasteiger partial charge on any atom is 0.193 e. The minimum absolute atomic E-state index is 0. The van der Waals surface area contributed by atoms with Crippen molar-refractivity contribution < 1.29 is 8.42 Å². The Morgan fingerprint density at radius 3 is 2.17 bits per heavy atom. The molecule has 2 aromatic rings. The second-order valence-electron chi connectivity index (χ2n) is 7.39. The van der Waals surface area contributed by atoms with Gasteiger partial charge >= 0.3 is 0 Å². The molecule has 1 heterocycles. The van der Waals surface area contributed by atoms with Gasteiger partial charge in [-0.15, -0.1) is 24.0 Å². The van der Waals surface area contributed by atoms with Crippen LogP contribution in [0.4, 0.5) is 0 Å². The Hall–Kier alpha value is -1.65. The second kappa shape index (κ2) is 11.7. The van der Waals surface area contributed by atoms with Crippen LogP contribution in [0.2, 0.25) is 0 Å². The summed E-state index contributed by atoms with van der Waals surface area (Å²) in [5.41, 5.74) is 2.46. The Balaban J connectivity index is 0.00000320. The van der Waals surface area contributed by atoms with Gasteiger partial charge in [-0.05, 0) is 29.7 Å². The van der Waals surface area contributed by atoms with Crippen molar-refractivity contribution in [2.45, 2.75) is 17.9 Å². The number of halogens is 1. The molecule has 0 amide bonds. The first kappa shape index (κ1) is 24.6. The Kier molecular flexibility index (Phi) is 9.57. The molecular weight excluding hydrogens is 511 g/mol. The molecule has 6 nitrogen and oxygen atoms in total. The lowest BCUT2D eigenvalue weighted by molar-refractivity contribution is 0.172. The summed E-state index contributed by atoms with van der Waals surface area (Å²) in [5, 5.41) is 3.44. The third-order valence-electron chi connectivity index (χ3n) is 5.18. The van der Waals surface area contributed by atoms with Crippen molar-refractivity contribution in [3.05, 3.63) is 65.7 Å². The van der Waals surface area contributed by atoms with E-state index in [1.165, 1.54) is 11.8 Å². The molecule has 0 aliphatic carbocycles. The number of guanidine groups is 1. The molecule has 0 atom stereocenters. The van der Waals surface area contributed by atoms with E-state index in [1.54, 1.807) is 12.1 Å². The third-order valence-corrected chi connectivity index (χ3v) is 6.31. The van der Waals surface area contributed by atoms with Crippen LogP contribution in [0.1, 0.15) is 11.1 Å². The first-order valence-electron chi connectivity index (χ1n) is 9.96. The molecule has 1 saturated heterocycles. The Morgan fingerprint density at radius 1 is 0.967 bits per heavy atom. The van der Waals surface area contributed by atoms with Crippen LogP contribution >= 0.6 is 24.0 Å². The average Bonchev–Trinajstić information content (AvgIpc) is 2.72. The monoisotopic (exact) mass is 542 g/mol. The lowest BCUT2D eigenvalue weighted by Gasteiger charge is -2.36. The summed E-state index contributed by atoms with van der Waals surface area (Å²) < 4.78 is 23.1. The minimum atomic E-state index is -3.14. The van der Waals surface area contributed by atoms with Crippen LogP contribution in [0.5, 0.6) is 0 Å². The van der Waals surface area contributed by atoms with Gasteiger partial charge in [0.1, 0.15) is 0 Å². The van der Waals surface area contributed by atoms with Crippen molar-refractivity contribution in [1.82, 2.24) is 15.1 Å². The Morgan fingerprint density at radius 2 is 1.60 bits per heavy atom. The molecule has 0 unspecified atom stereocenters. The molecule has 1 N–H and O–H groups in total. The second-order valence-corrected chi connectivity index (χ2v) is 9.40. The quantitative estimate of drug-likeness (QED) is 0.346. The van der Waals surface area contributed by atoms with E-state index in [1.807, 2.05) is 19.2 Å². The molecule has 0 spiro atoms. The van der Waals surface area contributed by atoms with E-state index in [4.69, 9.17) is 0 Å². The molecule has 0 bridgehead atoms. The van der Waals surface area contributed by atoms with Gasteiger partial charge in [-0.1, -0.05) is 42.5 Å². The van der Waals surface area contributed by atoms with Crippen LogP contribution in [0.25, 0.3) is 0 Å². The van der Waals surface area contributed by atoms with Gasteiger partial charge in [-0.2, -0.15) is 0 Å². The fraction of sp³-hybridized carbons (Fsp3) is 0.409. The van der Waals surface area contributed by atoms with Crippen molar-refractivity contribution in [2.24, 2.45) is 4.99 Å². The van der Waals surface area contributed by atoms with Gasteiger partial charge in [0, 0.05) is 52.6 Å². The number of hydrogen-bond donors (Lipinski definition) is 1. The largest absolute Gasteiger partial charge is 0.356 e. The Bertz CT molecular complexity index is 910. The number of benzene rings is 2. The average molecular weight is 542 g/mol. The molecule has 0 aromatic heterocycles. The molecule has 30 heavy (non-hydrogen) atoms. The van der Waals surface area contributed by atoms with Gasteiger partial charge in [-0.3, -0.25) is 9.89 Å². The van der Waals surface area contributed by atoms with Crippen LogP contribution < -0.4 is 5.32 Å². The number of hydrogen-bond acceptors (Lipinski definition) is 4. The van der Waals surface area contributed by atoms with E-state index in [2.05, 4.69) is 50.4 Å². The maximum atomic E-state index is 11.5. The van der Waals surface area contributed by atoms with Gasteiger partial charge in [0.25, 0.3) is 0 Å². The summed E-state index contributed by atoms with van der Waals surface area (Å²) >= 11 is 0. The number of rotatable bonds is 6. The number of piperazine rings is 1. The van der Waals surface area contributed by atoms with E-state index in [-0.39, 0.29) is 24.0 Å². The highest BCUT2D eigenvalue weighted by molar-refractivity contribution is 14.0. The predicted octanol–water partition coefficient (Wildman–Crippen LogP) is 2.64. The van der Waals surface area contributed by atoms with E-state index in [0.717, 1.165) is 57.2 Å². The van der Waals surface area contributed by atoms with E-state index >= 15 is 0 Å². The van der Waals surface area contributed by atoms with Gasteiger partial charge < -0.3 is 10.2 Å². The lowest BCUT2D eigenvalue weighted by atomic mass is 10.1. The number of sulfone groups is 1. The first-order valence-corrected chi connectivity index (χ1v) is 11.9. The smallest absolute Gasteiger partial charge is 0.193 e. The summed E-state index contributed by atoms with van der Waals surface area (Å²) in [6, 6.07) is 17.7. The number of aliphatic imine (C=N–C) groups is 1. The van der Waals surface area contributed by atoms with Crippen molar-refractivity contribution in [3.8, 4) is 0 Å². The van der Waals surface area contributed by atoms with Crippen LogP contribution in [0, 0.1) is 0 Å². The van der Waals surface area contributed by atoms with Crippen LogP contribution in [-0.4, -0.2) is 70.2 Å². The van der Waals surface area contributed by atoms with Crippen molar-refractivity contribution in [1.29, 1.82) is 0 Å². The zero-order chi connectivity index (χ0) is 20.7. The molecular formula is C22H31IN4O2S. The molecule has 3 rings (SSSR count). The third kappa shape index (κ3) is 7.24. The van der Waals surface area contributed by atoms with Crippen LogP contribution in [0.3, 0.4) is 0 Å². The standard InChI is InChI=1S/C22H30N4O2S.HI/c1-23-22(24-13-12-19-8-10-21(11-9-19)29(2,27)28)26-16-14-25(15-17-26)18-20-6-4-3-5-7-20;/h3-11H,12-18H2,1-2H3,(H,23,24);1H. The van der Waals surface area contributed by atoms with Gasteiger partial charge in [0.15, 0.2) is 15.8 Å². The molecule has 2 aromatic carbocycles.